The van der Waals surface area contributed by atoms with Gasteiger partial charge in [-0.1, -0.05) is 58.4 Å². The van der Waals surface area contributed by atoms with Gasteiger partial charge in [-0.3, -0.25) is 0 Å². The highest BCUT2D eigenvalue weighted by Gasteiger charge is 2.69. The Hall–Kier alpha value is -2.37. The van der Waals surface area contributed by atoms with E-state index in [1.165, 1.54) is 0 Å². The predicted molar refractivity (Wildman–Crippen MR) is 110 cm³/mol. The van der Waals surface area contributed by atoms with Crippen LogP contribution in [-0.2, 0) is 11.2 Å². The zero-order valence-corrected chi connectivity index (χ0v) is 17.0. The number of rotatable bonds is 3. The number of benzene rings is 2. The monoisotopic (exact) mass is 437 g/mol. The van der Waals surface area contributed by atoms with E-state index in [4.69, 9.17) is 9.47 Å². The highest BCUT2D eigenvalue weighted by Crippen LogP contribution is 2.67. The molecule has 5 rings (SSSR count). The van der Waals surface area contributed by atoms with E-state index < -0.39 is 11.2 Å². The number of fused-ring (bicyclic) bond motifs is 3. The summed E-state index contributed by atoms with van der Waals surface area (Å²) in [7, 11) is 1.58. The Kier molecular flexibility index (Phi) is 4.00. The van der Waals surface area contributed by atoms with Gasteiger partial charge in [0.05, 0.1) is 12.7 Å². The van der Waals surface area contributed by atoms with Crippen LogP contribution >= 0.6 is 15.9 Å². The number of methoxy groups -OCH3 is 1. The fourth-order valence-electron chi connectivity index (χ4n) is 5.00. The molecular formula is C23H20BrNO3. The van der Waals surface area contributed by atoms with Crippen LogP contribution in [-0.4, -0.2) is 17.2 Å². The summed E-state index contributed by atoms with van der Waals surface area (Å²) in [5.74, 6) is 1.06. The van der Waals surface area contributed by atoms with Crippen molar-refractivity contribution >= 4 is 15.9 Å². The molecule has 0 radical (unpaired) electrons. The smallest absolute Gasteiger partial charge is 0.223 e. The molecule has 142 valence electrons. The molecule has 1 N–H and O–H groups in total. The lowest BCUT2D eigenvalue weighted by Gasteiger charge is -2.40. The third kappa shape index (κ3) is 2.23. The van der Waals surface area contributed by atoms with Gasteiger partial charge < -0.3 is 14.6 Å². The molecule has 3 aromatic rings. The van der Waals surface area contributed by atoms with E-state index in [0.29, 0.717) is 23.6 Å². The van der Waals surface area contributed by atoms with Crippen LogP contribution < -0.4 is 9.47 Å². The lowest BCUT2D eigenvalue weighted by Crippen LogP contribution is -2.48. The second kappa shape index (κ2) is 6.33. The Bertz CT molecular complexity index is 1020. The van der Waals surface area contributed by atoms with Gasteiger partial charge in [-0.2, -0.15) is 0 Å². The summed E-state index contributed by atoms with van der Waals surface area (Å²) in [5, 5.41) is 12.1. The highest BCUT2D eigenvalue weighted by atomic mass is 79.9. The largest absolute Gasteiger partial charge is 0.481 e. The van der Waals surface area contributed by atoms with Gasteiger partial charge in [0, 0.05) is 16.6 Å². The van der Waals surface area contributed by atoms with Crippen LogP contribution in [0.5, 0.6) is 11.6 Å². The fourth-order valence-corrected chi connectivity index (χ4v) is 5.26. The van der Waals surface area contributed by atoms with E-state index in [-0.39, 0.29) is 5.92 Å². The molecule has 5 heteroatoms. The summed E-state index contributed by atoms with van der Waals surface area (Å²) in [4.78, 5) is 4.34. The second-order valence-electron chi connectivity index (χ2n) is 7.40. The second-order valence-corrected chi connectivity index (χ2v) is 8.32. The number of hydrogen-bond donors (Lipinski definition) is 1. The Morgan fingerprint density at radius 3 is 2.57 bits per heavy atom. The van der Waals surface area contributed by atoms with Gasteiger partial charge in [-0.15, -0.1) is 0 Å². The molecule has 0 amide bonds. The maximum atomic E-state index is 12.1. The average Bonchev–Trinajstić information content (AvgIpc) is 3.16. The Balaban J connectivity index is 1.78. The molecule has 2 aliphatic rings. The normalized spacial score (nSPS) is 27.8. The van der Waals surface area contributed by atoms with Gasteiger partial charge in [-0.05, 0) is 42.2 Å². The SMILES string of the molecule is COc1nccc2c1C1(O)CCC(c3ccccc3)C1(c1ccc(Br)cc1)O2. The van der Waals surface area contributed by atoms with Crippen molar-refractivity contribution in [3.63, 3.8) is 0 Å². The van der Waals surface area contributed by atoms with E-state index in [0.717, 1.165) is 22.0 Å². The minimum Gasteiger partial charge on any atom is -0.481 e. The number of nitrogens with zero attached hydrogens (tertiary/aromatic N) is 1. The summed E-state index contributed by atoms with van der Waals surface area (Å²) < 4.78 is 13.2. The van der Waals surface area contributed by atoms with Crippen molar-refractivity contribution in [2.24, 2.45) is 0 Å². The minimum atomic E-state index is -1.23. The summed E-state index contributed by atoms with van der Waals surface area (Å²) in [6.45, 7) is 0. The maximum absolute atomic E-state index is 12.1. The number of ether oxygens (including phenoxy) is 2. The summed E-state index contributed by atoms with van der Waals surface area (Å²) in [6, 6.07) is 20.2. The zero-order chi connectivity index (χ0) is 19.4. The molecule has 3 unspecified atom stereocenters. The molecule has 1 saturated carbocycles. The van der Waals surface area contributed by atoms with Crippen molar-refractivity contribution in [3.8, 4) is 11.6 Å². The molecule has 1 aliphatic heterocycles. The number of aromatic nitrogens is 1. The molecule has 1 aliphatic carbocycles. The molecule has 0 bridgehead atoms. The van der Waals surface area contributed by atoms with Crippen LogP contribution in [0.15, 0.2) is 71.3 Å². The molecule has 0 spiro atoms. The minimum absolute atomic E-state index is 0.00279. The molecule has 2 aromatic carbocycles. The summed E-state index contributed by atoms with van der Waals surface area (Å²) in [6.07, 6.45) is 3.03. The lowest BCUT2D eigenvalue weighted by atomic mass is 9.72. The van der Waals surface area contributed by atoms with E-state index in [1.807, 2.05) is 48.5 Å². The first kappa shape index (κ1) is 17.7. The number of pyridine rings is 1. The predicted octanol–water partition coefficient (Wildman–Crippen LogP) is 4.91. The first-order valence-electron chi connectivity index (χ1n) is 9.36. The Morgan fingerprint density at radius 1 is 1.11 bits per heavy atom. The molecule has 1 fully saturated rings. The first-order valence-corrected chi connectivity index (χ1v) is 10.2. The van der Waals surface area contributed by atoms with Crippen LogP contribution in [0.2, 0.25) is 0 Å². The maximum Gasteiger partial charge on any atom is 0.223 e. The van der Waals surface area contributed by atoms with Gasteiger partial charge in [-0.25, -0.2) is 4.98 Å². The van der Waals surface area contributed by atoms with Crippen LogP contribution in [0.4, 0.5) is 0 Å². The number of hydrogen-bond acceptors (Lipinski definition) is 4. The van der Waals surface area contributed by atoms with E-state index >= 15 is 0 Å². The quantitative estimate of drug-likeness (QED) is 0.632. The highest BCUT2D eigenvalue weighted by molar-refractivity contribution is 9.10. The van der Waals surface area contributed by atoms with Crippen molar-refractivity contribution in [1.29, 1.82) is 0 Å². The van der Waals surface area contributed by atoms with Crippen LogP contribution in [0.25, 0.3) is 0 Å². The van der Waals surface area contributed by atoms with Crippen molar-refractivity contribution in [1.82, 2.24) is 4.98 Å². The lowest BCUT2D eigenvalue weighted by molar-refractivity contribution is -0.106. The van der Waals surface area contributed by atoms with Gasteiger partial charge in [0.25, 0.3) is 0 Å². The van der Waals surface area contributed by atoms with Crippen molar-refractivity contribution in [3.05, 3.63) is 88.0 Å². The Labute approximate surface area is 172 Å². The first-order chi connectivity index (χ1) is 13.6. The van der Waals surface area contributed by atoms with Crippen LogP contribution in [0, 0.1) is 0 Å². The fraction of sp³-hybridized carbons (Fsp3) is 0.261. The average molecular weight is 438 g/mol. The van der Waals surface area contributed by atoms with Gasteiger partial charge in [0.2, 0.25) is 5.88 Å². The molecular weight excluding hydrogens is 418 g/mol. The molecule has 3 atom stereocenters. The standard InChI is InChI=1S/C23H20BrNO3/c1-27-21-20-19(12-14-25-21)28-23(16-7-9-17(24)10-8-16)18(11-13-22(20,23)26)15-5-3-2-4-6-15/h2-10,12,14,18,26H,11,13H2,1H3. The van der Waals surface area contributed by atoms with Gasteiger partial charge >= 0.3 is 0 Å². The van der Waals surface area contributed by atoms with Gasteiger partial charge in [0.15, 0.2) is 5.60 Å². The van der Waals surface area contributed by atoms with Crippen molar-refractivity contribution in [2.75, 3.05) is 7.11 Å². The number of halogens is 1. The van der Waals surface area contributed by atoms with E-state index in [9.17, 15) is 5.11 Å². The number of aliphatic hydroxyl groups is 1. The van der Waals surface area contributed by atoms with E-state index in [2.05, 4.69) is 33.0 Å². The summed E-state index contributed by atoms with van der Waals surface area (Å²) >= 11 is 3.52. The van der Waals surface area contributed by atoms with Crippen molar-refractivity contribution in [2.45, 2.75) is 30.0 Å². The molecule has 4 nitrogen and oxygen atoms in total. The molecule has 2 heterocycles. The van der Waals surface area contributed by atoms with E-state index in [1.54, 1.807) is 13.3 Å². The topological polar surface area (TPSA) is 51.6 Å². The van der Waals surface area contributed by atoms with Crippen LogP contribution in [0.1, 0.15) is 35.4 Å². The Morgan fingerprint density at radius 2 is 1.86 bits per heavy atom. The molecule has 28 heavy (non-hydrogen) atoms. The zero-order valence-electron chi connectivity index (χ0n) is 15.4. The van der Waals surface area contributed by atoms with Gasteiger partial charge in [0.1, 0.15) is 11.4 Å². The van der Waals surface area contributed by atoms with Crippen molar-refractivity contribution < 1.29 is 14.6 Å². The molecule has 0 saturated heterocycles. The summed E-state index contributed by atoms with van der Waals surface area (Å²) in [5.41, 5.74) is 0.590. The third-order valence-electron chi connectivity index (χ3n) is 6.13. The third-order valence-corrected chi connectivity index (χ3v) is 6.66. The van der Waals surface area contributed by atoms with Crippen LogP contribution in [0.3, 0.4) is 0 Å². The molecule has 1 aromatic heterocycles.